The van der Waals surface area contributed by atoms with Crippen molar-refractivity contribution in [2.45, 2.75) is 31.9 Å². The lowest BCUT2D eigenvalue weighted by atomic mass is 9.89. The van der Waals surface area contributed by atoms with E-state index in [0.717, 1.165) is 12.8 Å². The molecule has 21 heavy (non-hydrogen) atoms. The molecule has 0 radical (unpaired) electrons. The van der Waals surface area contributed by atoms with E-state index >= 15 is 0 Å². The number of anilines is 1. The van der Waals surface area contributed by atoms with Gasteiger partial charge in [0, 0.05) is 18.3 Å². The Balaban J connectivity index is 1.83. The van der Waals surface area contributed by atoms with E-state index in [1.165, 1.54) is 18.2 Å². The van der Waals surface area contributed by atoms with Gasteiger partial charge in [-0.05, 0) is 38.0 Å². The maximum absolute atomic E-state index is 11.8. The highest BCUT2D eigenvalue weighted by Gasteiger charge is 2.30. The van der Waals surface area contributed by atoms with Gasteiger partial charge in [-0.25, -0.2) is 9.59 Å². The van der Waals surface area contributed by atoms with Crippen LogP contribution in [-0.4, -0.2) is 35.9 Å². The van der Waals surface area contributed by atoms with Crippen LogP contribution in [0.25, 0.3) is 0 Å². The lowest BCUT2D eigenvalue weighted by Crippen LogP contribution is -2.49. The third kappa shape index (κ3) is 4.09. The molecule has 0 aromatic heterocycles. The van der Waals surface area contributed by atoms with Crippen molar-refractivity contribution in [2.24, 2.45) is 0 Å². The molecular weight excluding hydrogens is 296 g/mol. The van der Waals surface area contributed by atoms with Crippen LogP contribution in [0.3, 0.4) is 0 Å². The molecule has 0 heterocycles. The van der Waals surface area contributed by atoms with Crippen molar-refractivity contribution in [3.63, 3.8) is 0 Å². The average Bonchev–Trinajstić information content (AvgIpc) is 2.35. The van der Waals surface area contributed by atoms with E-state index in [0.29, 0.717) is 12.3 Å². The summed E-state index contributed by atoms with van der Waals surface area (Å²) in [6.45, 7) is 2.62. The number of nitrogens with one attached hydrogen (secondary N) is 2. The molecule has 1 saturated carbocycles. The zero-order valence-corrected chi connectivity index (χ0v) is 12.3. The molecule has 2 rings (SSSR count). The van der Waals surface area contributed by atoms with Crippen molar-refractivity contribution in [2.75, 3.05) is 11.9 Å². The number of hydrogen-bond acceptors (Lipinski definition) is 3. The van der Waals surface area contributed by atoms with E-state index < -0.39 is 5.97 Å². The summed E-state index contributed by atoms with van der Waals surface area (Å²) < 4.78 is 5.41. The fraction of sp³-hybridized carbons (Fsp3) is 0.429. The first kappa shape index (κ1) is 15.6. The number of carboxylic acids is 1. The highest BCUT2D eigenvalue weighted by atomic mass is 35.5. The number of benzene rings is 1. The van der Waals surface area contributed by atoms with E-state index in [2.05, 4.69) is 10.6 Å². The van der Waals surface area contributed by atoms with Gasteiger partial charge in [0.05, 0.1) is 16.7 Å². The second-order valence-electron chi connectivity index (χ2n) is 4.84. The SMILES string of the molecule is CCOC1CC(NC(=O)Nc2ccc(C(=O)O)c(Cl)c2)C1. The Morgan fingerprint density at radius 3 is 2.71 bits per heavy atom. The number of urea groups is 1. The topological polar surface area (TPSA) is 87.7 Å². The van der Waals surface area contributed by atoms with Gasteiger partial charge in [-0.3, -0.25) is 0 Å². The molecular formula is C14H17ClN2O4. The molecule has 1 fully saturated rings. The first-order valence-electron chi connectivity index (χ1n) is 6.71. The van der Waals surface area contributed by atoms with Gasteiger partial charge >= 0.3 is 12.0 Å². The van der Waals surface area contributed by atoms with Crippen LogP contribution in [0, 0.1) is 0 Å². The van der Waals surface area contributed by atoms with Gasteiger partial charge in [-0.1, -0.05) is 11.6 Å². The fourth-order valence-corrected chi connectivity index (χ4v) is 2.44. The summed E-state index contributed by atoms with van der Waals surface area (Å²) in [5, 5.41) is 14.4. The summed E-state index contributed by atoms with van der Waals surface area (Å²) in [7, 11) is 0. The van der Waals surface area contributed by atoms with Crippen LogP contribution in [-0.2, 0) is 4.74 Å². The van der Waals surface area contributed by atoms with Crippen LogP contribution < -0.4 is 10.6 Å². The summed E-state index contributed by atoms with van der Waals surface area (Å²) in [5.74, 6) is -1.10. The first-order valence-corrected chi connectivity index (χ1v) is 7.09. The molecule has 1 aliphatic carbocycles. The summed E-state index contributed by atoms with van der Waals surface area (Å²) in [4.78, 5) is 22.6. The van der Waals surface area contributed by atoms with E-state index in [1.54, 1.807) is 0 Å². The number of amides is 2. The number of carbonyl (C=O) groups is 2. The molecule has 7 heteroatoms. The summed E-state index contributed by atoms with van der Waals surface area (Å²) in [6, 6.07) is 4.03. The first-order chi connectivity index (χ1) is 9.99. The number of halogens is 1. The molecule has 0 bridgehead atoms. The zero-order chi connectivity index (χ0) is 15.4. The number of rotatable bonds is 5. The fourth-order valence-electron chi connectivity index (χ4n) is 2.17. The lowest BCUT2D eigenvalue weighted by Gasteiger charge is -2.35. The third-order valence-electron chi connectivity index (χ3n) is 3.29. The van der Waals surface area contributed by atoms with Crippen molar-refractivity contribution < 1.29 is 19.4 Å². The maximum atomic E-state index is 11.8. The van der Waals surface area contributed by atoms with E-state index in [4.69, 9.17) is 21.4 Å². The van der Waals surface area contributed by atoms with Gasteiger partial charge in [-0.15, -0.1) is 0 Å². The number of hydrogen-bond donors (Lipinski definition) is 3. The Hall–Kier alpha value is -1.79. The second-order valence-corrected chi connectivity index (χ2v) is 5.25. The highest BCUT2D eigenvalue weighted by molar-refractivity contribution is 6.33. The molecule has 1 aliphatic rings. The highest BCUT2D eigenvalue weighted by Crippen LogP contribution is 2.24. The Kier molecular flexibility index (Phi) is 5.03. The van der Waals surface area contributed by atoms with E-state index in [9.17, 15) is 9.59 Å². The maximum Gasteiger partial charge on any atom is 0.337 e. The van der Waals surface area contributed by atoms with Gasteiger partial charge in [0.1, 0.15) is 0 Å². The molecule has 0 unspecified atom stereocenters. The largest absolute Gasteiger partial charge is 0.478 e. The van der Waals surface area contributed by atoms with Crippen molar-refractivity contribution >= 4 is 29.3 Å². The third-order valence-corrected chi connectivity index (χ3v) is 3.60. The molecule has 2 amide bonds. The summed E-state index contributed by atoms with van der Waals surface area (Å²) >= 11 is 5.84. The van der Waals surface area contributed by atoms with Crippen molar-refractivity contribution in [3.05, 3.63) is 28.8 Å². The zero-order valence-electron chi connectivity index (χ0n) is 11.6. The molecule has 0 atom stereocenters. The summed E-state index contributed by atoms with van der Waals surface area (Å²) in [6.07, 6.45) is 1.84. The van der Waals surface area contributed by atoms with Crippen LogP contribution in [0.2, 0.25) is 5.02 Å². The van der Waals surface area contributed by atoms with E-state index in [-0.39, 0.29) is 28.8 Å². The molecule has 1 aromatic carbocycles. The number of carbonyl (C=O) groups excluding carboxylic acids is 1. The molecule has 0 spiro atoms. The normalized spacial score (nSPS) is 20.5. The van der Waals surface area contributed by atoms with Crippen molar-refractivity contribution in [1.29, 1.82) is 0 Å². The Morgan fingerprint density at radius 1 is 1.43 bits per heavy atom. The average molecular weight is 313 g/mol. The van der Waals surface area contributed by atoms with Gasteiger partial charge in [0.15, 0.2) is 0 Å². The quantitative estimate of drug-likeness (QED) is 0.780. The van der Waals surface area contributed by atoms with E-state index in [1.807, 2.05) is 6.92 Å². The van der Waals surface area contributed by atoms with Gasteiger partial charge in [0.2, 0.25) is 0 Å². The van der Waals surface area contributed by atoms with Crippen molar-refractivity contribution in [1.82, 2.24) is 5.32 Å². The Bertz CT molecular complexity index is 544. The molecule has 3 N–H and O–H groups in total. The minimum absolute atomic E-state index is 0.00109. The van der Waals surface area contributed by atoms with Crippen molar-refractivity contribution in [3.8, 4) is 0 Å². The van der Waals surface area contributed by atoms with Gasteiger partial charge in [0.25, 0.3) is 0 Å². The number of ether oxygens (including phenoxy) is 1. The Labute approximate surface area is 127 Å². The van der Waals surface area contributed by atoms with Crippen LogP contribution in [0.4, 0.5) is 10.5 Å². The molecule has 114 valence electrons. The van der Waals surface area contributed by atoms with Crippen LogP contribution in [0.5, 0.6) is 0 Å². The lowest BCUT2D eigenvalue weighted by molar-refractivity contribution is -0.00673. The molecule has 0 saturated heterocycles. The minimum Gasteiger partial charge on any atom is -0.478 e. The second kappa shape index (κ2) is 6.78. The smallest absolute Gasteiger partial charge is 0.337 e. The standard InChI is InChI=1S/C14H17ClN2O4/c1-2-21-10-5-9(6-10)17-14(20)16-8-3-4-11(13(18)19)12(15)7-8/h3-4,7,9-10H,2,5-6H2,1H3,(H,18,19)(H2,16,17,20). The van der Waals surface area contributed by atoms with Crippen LogP contribution in [0.15, 0.2) is 18.2 Å². The Morgan fingerprint density at radius 2 is 2.14 bits per heavy atom. The monoisotopic (exact) mass is 312 g/mol. The van der Waals surface area contributed by atoms with Gasteiger partial charge < -0.3 is 20.5 Å². The summed E-state index contributed by atoms with van der Waals surface area (Å²) in [5.41, 5.74) is 0.448. The van der Waals surface area contributed by atoms with Crippen LogP contribution >= 0.6 is 11.6 Å². The predicted octanol–water partition coefficient (Wildman–Crippen LogP) is 2.73. The van der Waals surface area contributed by atoms with Gasteiger partial charge in [-0.2, -0.15) is 0 Å². The molecule has 6 nitrogen and oxygen atoms in total. The molecule has 0 aliphatic heterocycles. The predicted molar refractivity (Wildman–Crippen MR) is 79.0 cm³/mol. The molecule has 1 aromatic rings. The number of aromatic carboxylic acids is 1. The van der Waals surface area contributed by atoms with Crippen LogP contribution in [0.1, 0.15) is 30.1 Å². The minimum atomic E-state index is -1.10. The number of carboxylic acid groups (broad SMARTS) is 1.